The molecule has 1 aromatic rings. The number of aliphatic hydroxyl groups is 1. The van der Waals surface area contributed by atoms with E-state index in [-0.39, 0.29) is 18.1 Å². The number of carbonyl (C=O) groups is 1. The number of rotatable bonds is 3. The molecule has 2 fully saturated rings. The fraction of sp³-hybridized carbons (Fsp3) is 0.562. The van der Waals surface area contributed by atoms with Crippen LogP contribution in [0.25, 0.3) is 0 Å². The van der Waals surface area contributed by atoms with E-state index in [2.05, 4.69) is 5.32 Å². The van der Waals surface area contributed by atoms with E-state index in [4.69, 9.17) is 4.74 Å². The summed E-state index contributed by atoms with van der Waals surface area (Å²) < 4.78 is 5.93. The molecule has 21 heavy (non-hydrogen) atoms. The lowest BCUT2D eigenvalue weighted by Crippen LogP contribution is -2.48. The Morgan fingerprint density at radius 2 is 1.95 bits per heavy atom. The Kier molecular flexibility index (Phi) is 4.41. The van der Waals surface area contributed by atoms with Gasteiger partial charge in [0.25, 0.3) is 0 Å². The Bertz CT molecular complexity index is 472. The van der Waals surface area contributed by atoms with Crippen LogP contribution in [-0.2, 0) is 4.79 Å². The molecule has 2 atom stereocenters. The number of carbonyl (C=O) groups excluding carboxylic acids is 1. The highest BCUT2D eigenvalue weighted by Crippen LogP contribution is 2.20. The third-order valence-electron chi connectivity index (χ3n) is 4.21. The first kappa shape index (κ1) is 14.4. The predicted molar refractivity (Wildman–Crippen MR) is 79.1 cm³/mol. The number of nitrogens with zero attached hydrogens (tertiary/aromatic N) is 1. The molecule has 1 aromatic carbocycles. The summed E-state index contributed by atoms with van der Waals surface area (Å²) in [6, 6.07) is 9.60. The Hall–Kier alpha value is -1.59. The van der Waals surface area contributed by atoms with Gasteiger partial charge in [-0.2, -0.15) is 0 Å². The van der Waals surface area contributed by atoms with Crippen molar-refractivity contribution in [1.29, 1.82) is 0 Å². The first-order valence-corrected chi connectivity index (χ1v) is 7.64. The molecule has 1 amide bonds. The zero-order chi connectivity index (χ0) is 14.7. The maximum atomic E-state index is 12.3. The molecule has 5 nitrogen and oxygen atoms in total. The summed E-state index contributed by atoms with van der Waals surface area (Å²) in [7, 11) is 0. The predicted octanol–water partition coefficient (Wildman–Crippen LogP) is 0.779. The molecule has 0 radical (unpaired) electrons. The molecule has 2 aliphatic heterocycles. The zero-order valence-electron chi connectivity index (χ0n) is 12.1. The van der Waals surface area contributed by atoms with Crippen LogP contribution in [-0.4, -0.2) is 53.8 Å². The van der Waals surface area contributed by atoms with Crippen LogP contribution in [0.4, 0.5) is 0 Å². The third kappa shape index (κ3) is 3.54. The van der Waals surface area contributed by atoms with E-state index < -0.39 is 6.10 Å². The largest absolute Gasteiger partial charge is 0.490 e. The van der Waals surface area contributed by atoms with Crippen molar-refractivity contribution < 1.29 is 14.6 Å². The van der Waals surface area contributed by atoms with Gasteiger partial charge in [0.05, 0.1) is 12.1 Å². The summed E-state index contributed by atoms with van der Waals surface area (Å²) >= 11 is 0. The number of nitrogens with one attached hydrogen (secondary N) is 1. The van der Waals surface area contributed by atoms with Crippen molar-refractivity contribution in [2.75, 3.05) is 19.6 Å². The van der Waals surface area contributed by atoms with Gasteiger partial charge in [-0.15, -0.1) is 0 Å². The average molecular weight is 290 g/mol. The zero-order valence-corrected chi connectivity index (χ0v) is 12.1. The van der Waals surface area contributed by atoms with Gasteiger partial charge in [-0.05, 0) is 18.6 Å². The van der Waals surface area contributed by atoms with E-state index in [9.17, 15) is 9.90 Å². The third-order valence-corrected chi connectivity index (χ3v) is 4.21. The van der Waals surface area contributed by atoms with Gasteiger partial charge < -0.3 is 20.1 Å². The molecular formula is C16H22N2O3. The second-order valence-corrected chi connectivity index (χ2v) is 5.81. The maximum Gasteiger partial charge on any atom is 0.239 e. The summed E-state index contributed by atoms with van der Waals surface area (Å²) in [6.07, 6.45) is 2.03. The van der Waals surface area contributed by atoms with Crippen molar-refractivity contribution in [2.24, 2.45) is 0 Å². The van der Waals surface area contributed by atoms with E-state index >= 15 is 0 Å². The van der Waals surface area contributed by atoms with Crippen LogP contribution in [0.3, 0.4) is 0 Å². The number of β-amino-alcohol motifs (C(OH)–C–C–N with tert-alkyl or cyclic N) is 1. The van der Waals surface area contributed by atoms with Crippen LogP contribution in [0.2, 0.25) is 0 Å². The molecule has 2 heterocycles. The maximum absolute atomic E-state index is 12.3. The van der Waals surface area contributed by atoms with Crippen LogP contribution < -0.4 is 10.1 Å². The van der Waals surface area contributed by atoms with E-state index in [1.165, 1.54) is 0 Å². The van der Waals surface area contributed by atoms with Gasteiger partial charge in [0.1, 0.15) is 11.9 Å². The van der Waals surface area contributed by atoms with E-state index in [0.29, 0.717) is 13.0 Å². The van der Waals surface area contributed by atoms with Gasteiger partial charge in [0.2, 0.25) is 5.91 Å². The number of amides is 1. The standard InChI is InChI=1S/C16H22N2O3/c19-12-10-15(17-11-12)16(20)18-8-6-14(7-9-18)21-13-4-2-1-3-5-13/h1-5,12,14-15,17,19H,6-11H2/t12-,15-/m1/s1. The van der Waals surface area contributed by atoms with E-state index in [1.54, 1.807) is 0 Å². The molecule has 0 unspecified atom stereocenters. The molecule has 0 saturated carbocycles. The lowest BCUT2D eigenvalue weighted by molar-refractivity contribution is -0.135. The minimum atomic E-state index is -0.391. The van der Waals surface area contributed by atoms with Crippen LogP contribution >= 0.6 is 0 Å². The Balaban J connectivity index is 1.47. The van der Waals surface area contributed by atoms with Crippen LogP contribution in [0.5, 0.6) is 5.75 Å². The fourth-order valence-corrected chi connectivity index (χ4v) is 3.01. The molecule has 2 N–H and O–H groups in total. The highest BCUT2D eigenvalue weighted by Gasteiger charge is 2.33. The molecule has 0 aromatic heterocycles. The van der Waals surface area contributed by atoms with Crippen molar-refractivity contribution in [3.8, 4) is 5.75 Å². The summed E-state index contributed by atoms with van der Waals surface area (Å²) in [5, 5.41) is 12.6. The van der Waals surface area contributed by atoms with Crippen molar-refractivity contribution in [1.82, 2.24) is 10.2 Å². The highest BCUT2D eigenvalue weighted by molar-refractivity contribution is 5.82. The summed E-state index contributed by atoms with van der Waals surface area (Å²) in [4.78, 5) is 14.2. The SMILES string of the molecule is O=C([C@H]1C[C@@H](O)CN1)N1CCC(Oc2ccccc2)CC1. The van der Waals surface area contributed by atoms with Crippen LogP contribution in [0.15, 0.2) is 30.3 Å². The first-order valence-electron chi connectivity index (χ1n) is 7.64. The van der Waals surface area contributed by atoms with Crippen LogP contribution in [0.1, 0.15) is 19.3 Å². The van der Waals surface area contributed by atoms with Gasteiger partial charge in [0, 0.05) is 32.5 Å². The van der Waals surface area contributed by atoms with Gasteiger partial charge in [0.15, 0.2) is 0 Å². The van der Waals surface area contributed by atoms with Crippen molar-refractivity contribution in [3.05, 3.63) is 30.3 Å². The molecule has 2 saturated heterocycles. The Labute approximate surface area is 124 Å². The van der Waals surface area contributed by atoms with Crippen molar-refractivity contribution >= 4 is 5.91 Å². The number of likely N-dealkylation sites (tertiary alicyclic amines) is 1. The summed E-state index contributed by atoms with van der Waals surface area (Å²) in [5.41, 5.74) is 0. The summed E-state index contributed by atoms with van der Waals surface area (Å²) in [5.74, 6) is 1.01. The number of hydrogen-bond acceptors (Lipinski definition) is 4. The molecule has 0 spiro atoms. The molecule has 5 heteroatoms. The number of benzene rings is 1. The smallest absolute Gasteiger partial charge is 0.239 e. The van der Waals surface area contributed by atoms with Crippen molar-refractivity contribution in [2.45, 2.75) is 37.5 Å². The second-order valence-electron chi connectivity index (χ2n) is 5.81. The molecule has 2 aliphatic rings. The molecule has 0 aliphatic carbocycles. The van der Waals surface area contributed by atoms with Gasteiger partial charge in [-0.3, -0.25) is 4.79 Å². The van der Waals surface area contributed by atoms with Gasteiger partial charge in [-0.1, -0.05) is 18.2 Å². The van der Waals surface area contributed by atoms with Crippen LogP contribution in [0, 0.1) is 0 Å². The number of ether oxygens (including phenoxy) is 1. The number of para-hydroxylation sites is 1. The molecule has 3 rings (SSSR count). The number of hydrogen-bond donors (Lipinski definition) is 2. The molecule has 114 valence electrons. The van der Waals surface area contributed by atoms with E-state index in [0.717, 1.165) is 31.7 Å². The van der Waals surface area contributed by atoms with Crippen molar-refractivity contribution in [3.63, 3.8) is 0 Å². The quantitative estimate of drug-likeness (QED) is 0.863. The minimum Gasteiger partial charge on any atom is -0.490 e. The van der Waals surface area contributed by atoms with E-state index in [1.807, 2.05) is 35.2 Å². The summed E-state index contributed by atoms with van der Waals surface area (Å²) in [6.45, 7) is 1.97. The van der Waals surface area contributed by atoms with Gasteiger partial charge in [-0.25, -0.2) is 0 Å². The first-order chi connectivity index (χ1) is 10.2. The lowest BCUT2D eigenvalue weighted by Gasteiger charge is -2.33. The molecular weight excluding hydrogens is 268 g/mol. The Morgan fingerprint density at radius 1 is 1.24 bits per heavy atom. The highest BCUT2D eigenvalue weighted by atomic mass is 16.5. The topological polar surface area (TPSA) is 61.8 Å². The number of aliphatic hydroxyl groups excluding tert-OH is 1. The average Bonchev–Trinajstić information content (AvgIpc) is 2.95. The molecule has 0 bridgehead atoms. The second kappa shape index (κ2) is 6.45. The van der Waals surface area contributed by atoms with Gasteiger partial charge >= 0.3 is 0 Å². The fourth-order valence-electron chi connectivity index (χ4n) is 3.01. The normalized spacial score (nSPS) is 26.8. The Morgan fingerprint density at radius 3 is 2.57 bits per heavy atom. The monoisotopic (exact) mass is 290 g/mol. The minimum absolute atomic E-state index is 0.115. The number of piperidine rings is 1. The lowest BCUT2D eigenvalue weighted by atomic mass is 10.1.